The monoisotopic (exact) mass is 353 g/mol. The van der Waals surface area contributed by atoms with Crippen LogP contribution in [0.4, 0.5) is 0 Å². The second kappa shape index (κ2) is 10.5. The SMILES string of the molecule is CC(C)CCCN(C)Cc1ccc(CCc2ccc(C(C)O)cc2)cc1. The lowest BCUT2D eigenvalue weighted by Crippen LogP contribution is -2.19. The molecule has 0 bridgehead atoms. The molecule has 1 atom stereocenters. The van der Waals surface area contributed by atoms with Crippen molar-refractivity contribution in [3.63, 3.8) is 0 Å². The van der Waals surface area contributed by atoms with Gasteiger partial charge in [-0.25, -0.2) is 0 Å². The number of aliphatic hydroxyl groups is 1. The molecule has 0 saturated carbocycles. The lowest BCUT2D eigenvalue weighted by molar-refractivity contribution is 0.199. The van der Waals surface area contributed by atoms with Crippen molar-refractivity contribution in [3.8, 4) is 0 Å². The molecule has 2 heteroatoms. The van der Waals surface area contributed by atoms with Crippen LogP contribution in [0, 0.1) is 5.92 Å². The highest BCUT2D eigenvalue weighted by molar-refractivity contribution is 5.27. The number of rotatable bonds is 10. The first-order valence-electron chi connectivity index (χ1n) is 9.97. The molecule has 0 aromatic heterocycles. The molecule has 0 aliphatic heterocycles. The van der Waals surface area contributed by atoms with E-state index in [1.54, 1.807) is 6.92 Å². The van der Waals surface area contributed by atoms with Crippen LogP contribution >= 0.6 is 0 Å². The van der Waals surface area contributed by atoms with Crippen molar-refractivity contribution in [2.75, 3.05) is 13.6 Å². The lowest BCUT2D eigenvalue weighted by Gasteiger charge is -2.17. The first-order valence-corrected chi connectivity index (χ1v) is 9.97. The minimum atomic E-state index is -0.389. The average molecular weight is 354 g/mol. The van der Waals surface area contributed by atoms with Crippen LogP contribution in [0.2, 0.25) is 0 Å². The summed E-state index contributed by atoms with van der Waals surface area (Å²) in [5, 5.41) is 9.58. The zero-order chi connectivity index (χ0) is 18.9. The Bertz CT molecular complexity index is 628. The number of benzene rings is 2. The summed E-state index contributed by atoms with van der Waals surface area (Å²) in [5.41, 5.74) is 5.08. The first kappa shape index (κ1) is 20.7. The van der Waals surface area contributed by atoms with Gasteiger partial charge in [0.1, 0.15) is 0 Å². The molecule has 26 heavy (non-hydrogen) atoms. The van der Waals surface area contributed by atoms with E-state index in [0.29, 0.717) is 0 Å². The highest BCUT2D eigenvalue weighted by Crippen LogP contribution is 2.15. The molecule has 0 radical (unpaired) electrons. The van der Waals surface area contributed by atoms with E-state index in [-0.39, 0.29) is 6.10 Å². The van der Waals surface area contributed by atoms with Gasteiger partial charge in [-0.1, -0.05) is 62.4 Å². The Morgan fingerprint density at radius 3 is 1.81 bits per heavy atom. The molecule has 0 saturated heterocycles. The van der Waals surface area contributed by atoms with Gasteiger partial charge in [-0.05, 0) is 74.4 Å². The largest absolute Gasteiger partial charge is 0.389 e. The summed E-state index contributed by atoms with van der Waals surface area (Å²) in [4.78, 5) is 2.42. The molecule has 0 heterocycles. The fourth-order valence-corrected chi connectivity index (χ4v) is 3.22. The van der Waals surface area contributed by atoms with Crippen molar-refractivity contribution in [3.05, 3.63) is 70.8 Å². The Morgan fingerprint density at radius 1 is 0.808 bits per heavy atom. The quantitative estimate of drug-likeness (QED) is 0.619. The van der Waals surface area contributed by atoms with Gasteiger partial charge in [-0.3, -0.25) is 0 Å². The third-order valence-electron chi connectivity index (χ3n) is 4.96. The second-order valence-corrected chi connectivity index (χ2v) is 8.01. The van der Waals surface area contributed by atoms with E-state index >= 15 is 0 Å². The second-order valence-electron chi connectivity index (χ2n) is 8.01. The van der Waals surface area contributed by atoms with E-state index in [4.69, 9.17) is 0 Å². The van der Waals surface area contributed by atoms with Crippen molar-refractivity contribution in [2.24, 2.45) is 5.92 Å². The summed E-state index contributed by atoms with van der Waals surface area (Å²) in [7, 11) is 2.21. The van der Waals surface area contributed by atoms with Gasteiger partial charge in [0.05, 0.1) is 6.10 Å². The highest BCUT2D eigenvalue weighted by Gasteiger charge is 2.03. The number of aliphatic hydroxyl groups excluding tert-OH is 1. The third kappa shape index (κ3) is 7.31. The van der Waals surface area contributed by atoms with Crippen LogP contribution < -0.4 is 0 Å². The maximum Gasteiger partial charge on any atom is 0.0761 e. The van der Waals surface area contributed by atoms with Gasteiger partial charge in [0.15, 0.2) is 0 Å². The predicted octanol–water partition coefficient (Wildman–Crippen LogP) is 5.39. The van der Waals surface area contributed by atoms with Gasteiger partial charge in [0.2, 0.25) is 0 Å². The molecule has 0 fully saturated rings. The van der Waals surface area contributed by atoms with Crippen LogP contribution in [0.5, 0.6) is 0 Å². The summed E-state index contributed by atoms with van der Waals surface area (Å²) in [6.07, 6.45) is 4.29. The fourth-order valence-electron chi connectivity index (χ4n) is 3.22. The van der Waals surface area contributed by atoms with Crippen molar-refractivity contribution in [1.29, 1.82) is 0 Å². The Labute approximate surface area is 159 Å². The van der Waals surface area contributed by atoms with Crippen molar-refractivity contribution in [1.82, 2.24) is 4.90 Å². The van der Waals surface area contributed by atoms with Gasteiger partial charge >= 0.3 is 0 Å². The molecule has 2 aromatic rings. The van der Waals surface area contributed by atoms with Gasteiger partial charge in [0, 0.05) is 6.54 Å². The average Bonchev–Trinajstić information content (AvgIpc) is 2.61. The van der Waals surface area contributed by atoms with Crippen LogP contribution in [0.25, 0.3) is 0 Å². The van der Waals surface area contributed by atoms with E-state index in [9.17, 15) is 5.11 Å². The van der Waals surface area contributed by atoms with Crippen molar-refractivity contribution >= 4 is 0 Å². The molecule has 1 unspecified atom stereocenters. The third-order valence-corrected chi connectivity index (χ3v) is 4.96. The van der Waals surface area contributed by atoms with E-state index < -0.39 is 0 Å². The van der Waals surface area contributed by atoms with Crippen molar-refractivity contribution in [2.45, 2.75) is 59.1 Å². The van der Waals surface area contributed by atoms with E-state index in [0.717, 1.165) is 30.9 Å². The lowest BCUT2D eigenvalue weighted by atomic mass is 10.0. The number of aryl methyl sites for hydroxylation is 2. The Kier molecular flexibility index (Phi) is 8.34. The molecule has 0 spiro atoms. The summed E-state index contributed by atoms with van der Waals surface area (Å²) in [5.74, 6) is 0.797. The molecule has 142 valence electrons. The van der Waals surface area contributed by atoms with Crippen LogP contribution in [0.1, 0.15) is 62.0 Å². The molecule has 1 N–H and O–H groups in total. The van der Waals surface area contributed by atoms with Crippen LogP contribution in [-0.4, -0.2) is 23.6 Å². The van der Waals surface area contributed by atoms with E-state index in [2.05, 4.69) is 62.2 Å². The highest BCUT2D eigenvalue weighted by atomic mass is 16.3. The Balaban J connectivity index is 1.78. The normalized spacial score (nSPS) is 12.7. The molecular weight excluding hydrogens is 318 g/mol. The molecule has 2 aromatic carbocycles. The van der Waals surface area contributed by atoms with Gasteiger partial charge in [0.25, 0.3) is 0 Å². The molecular formula is C24H35NO. The van der Waals surface area contributed by atoms with E-state index in [1.807, 2.05) is 12.1 Å². The summed E-state index contributed by atoms with van der Waals surface area (Å²) >= 11 is 0. The zero-order valence-electron chi connectivity index (χ0n) is 16.9. The van der Waals surface area contributed by atoms with Gasteiger partial charge < -0.3 is 10.0 Å². The van der Waals surface area contributed by atoms with E-state index in [1.165, 1.54) is 36.1 Å². The Hall–Kier alpha value is -1.64. The predicted molar refractivity (Wildman–Crippen MR) is 111 cm³/mol. The minimum Gasteiger partial charge on any atom is -0.389 e. The maximum atomic E-state index is 9.58. The van der Waals surface area contributed by atoms with Gasteiger partial charge in [-0.2, -0.15) is 0 Å². The maximum absolute atomic E-state index is 9.58. The smallest absolute Gasteiger partial charge is 0.0761 e. The van der Waals surface area contributed by atoms with Crippen LogP contribution in [0.15, 0.2) is 48.5 Å². The first-order chi connectivity index (χ1) is 12.4. The summed E-state index contributed by atoms with van der Waals surface area (Å²) < 4.78 is 0. The molecule has 2 rings (SSSR count). The number of nitrogens with zero attached hydrogens (tertiary/aromatic N) is 1. The van der Waals surface area contributed by atoms with Crippen LogP contribution in [-0.2, 0) is 19.4 Å². The topological polar surface area (TPSA) is 23.5 Å². The standard InChI is InChI=1S/C24H35NO/c1-19(2)6-5-17-25(4)18-23-11-9-21(10-12-23)7-8-22-13-15-24(16-14-22)20(3)26/h9-16,19-20,26H,5-8,17-18H2,1-4H3. The minimum absolute atomic E-state index is 0.389. The fraction of sp³-hybridized carbons (Fsp3) is 0.500. The van der Waals surface area contributed by atoms with Crippen LogP contribution in [0.3, 0.4) is 0 Å². The molecule has 0 amide bonds. The summed E-state index contributed by atoms with van der Waals surface area (Å²) in [6.45, 7) is 8.58. The zero-order valence-corrected chi connectivity index (χ0v) is 16.9. The number of hydrogen-bond donors (Lipinski definition) is 1. The molecule has 0 aliphatic carbocycles. The Morgan fingerprint density at radius 2 is 1.31 bits per heavy atom. The van der Waals surface area contributed by atoms with Crippen molar-refractivity contribution < 1.29 is 5.11 Å². The summed E-state index contributed by atoms with van der Waals surface area (Å²) in [6, 6.07) is 17.4. The van der Waals surface area contributed by atoms with Gasteiger partial charge in [-0.15, -0.1) is 0 Å². The number of hydrogen-bond acceptors (Lipinski definition) is 2. The molecule has 2 nitrogen and oxygen atoms in total. The molecule has 0 aliphatic rings.